The van der Waals surface area contributed by atoms with Crippen LogP contribution < -0.4 is 4.72 Å². The van der Waals surface area contributed by atoms with Crippen molar-refractivity contribution >= 4 is 21.1 Å². The molecule has 6 heteroatoms. The second kappa shape index (κ2) is 6.15. The molecule has 0 spiro atoms. The Morgan fingerprint density at radius 2 is 2.05 bits per heavy atom. The van der Waals surface area contributed by atoms with Crippen LogP contribution in [-0.4, -0.2) is 23.7 Å². The Balaban J connectivity index is 2.24. The standard InChI is InChI=1S/C15H23N3O2S/c1-5-8-21(19,20)16-10-13-6-7-15-14(9-13)17-12(4)18(15)11(2)3/h6-7,9,11,16H,5,8,10H2,1-4H3. The molecule has 5 nitrogen and oxygen atoms in total. The lowest BCUT2D eigenvalue weighted by atomic mass is 10.2. The van der Waals surface area contributed by atoms with Crippen LogP contribution in [0.5, 0.6) is 0 Å². The Morgan fingerprint density at radius 1 is 1.33 bits per heavy atom. The molecule has 0 saturated carbocycles. The van der Waals surface area contributed by atoms with Crippen LogP contribution in [0, 0.1) is 6.92 Å². The van der Waals surface area contributed by atoms with Gasteiger partial charge in [0.1, 0.15) is 5.82 Å². The van der Waals surface area contributed by atoms with Crippen LogP contribution in [0.2, 0.25) is 0 Å². The number of fused-ring (bicyclic) bond motifs is 1. The van der Waals surface area contributed by atoms with Gasteiger partial charge in [0.25, 0.3) is 0 Å². The van der Waals surface area contributed by atoms with Crippen molar-refractivity contribution in [2.75, 3.05) is 5.75 Å². The van der Waals surface area contributed by atoms with Crippen molar-refractivity contribution in [1.29, 1.82) is 0 Å². The van der Waals surface area contributed by atoms with Crippen LogP contribution in [0.15, 0.2) is 18.2 Å². The lowest BCUT2D eigenvalue weighted by Crippen LogP contribution is -2.25. The fourth-order valence-electron chi connectivity index (χ4n) is 2.56. The normalized spacial score (nSPS) is 12.4. The van der Waals surface area contributed by atoms with Gasteiger partial charge in [-0.05, 0) is 44.9 Å². The second-order valence-electron chi connectivity index (χ2n) is 5.59. The number of benzene rings is 1. The van der Waals surface area contributed by atoms with Crippen LogP contribution in [-0.2, 0) is 16.6 Å². The molecule has 1 aromatic heterocycles. The van der Waals surface area contributed by atoms with Gasteiger partial charge in [-0.25, -0.2) is 18.1 Å². The van der Waals surface area contributed by atoms with Crippen molar-refractivity contribution < 1.29 is 8.42 Å². The Labute approximate surface area is 126 Å². The van der Waals surface area contributed by atoms with Gasteiger partial charge < -0.3 is 4.57 Å². The number of hydrogen-bond donors (Lipinski definition) is 1. The minimum atomic E-state index is -3.18. The molecule has 0 aliphatic carbocycles. The maximum atomic E-state index is 11.7. The highest BCUT2D eigenvalue weighted by molar-refractivity contribution is 7.89. The lowest BCUT2D eigenvalue weighted by molar-refractivity contribution is 0.580. The van der Waals surface area contributed by atoms with Crippen molar-refractivity contribution in [3.8, 4) is 0 Å². The highest BCUT2D eigenvalue weighted by Gasteiger charge is 2.12. The summed E-state index contributed by atoms with van der Waals surface area (Å²) in [5, 5.41) is 0. The zero-order chi connectivity index (χ0) is 15.6. The molecule has 2 aromatic rings. The van der Waals surface area contributed by atoms with Gasteiger partial charge in [-0.2, -0.15) is 0 Å². The van der Waals surface area contributed by atoms with Crippen molar-refractivity contribution in [3.05, 3.63) is 29.6 Å². The summed E-state index contributed by atoms with van der Waals surface area (Å²) < 4.78 is 28.2. The van der Waals surface area contributed by atoms with E-state index in [4.69, 9.17) is 0 Å². The molecular formula is C15H23N3O2S. The van der Waals surface area contributed by atoms with Gasteiger partial charge in [-0.15, -0.1) is 0 Å². The van der Waals surface area contributed by atoms with Crippen molar-refractivity contribution in [3.63, 3.8) is 0 Å². The minimum Gasteiger partial charge on any atom is -0.326 e. The summed E-state index contributed by atoms with van der Waals surface area (Å²) in [6.45, 7) is 8.41. The molecule has 0 amide bonds. The third-order valence-electron chi connectivity index (χ3n) is 3.42. The van der Waals surface area contributed by atoms with Crippen LogP contribution >= 0.6 is 0 Å². The maximum absolute atomic E-state index is 11.7. The zero-order valence-electron chi connectivity index (χ0n) is 13.0. The number of aryl methyl sites for hydroxylation is 1. The van der Waals surface area contributed by atoms with E-state index in [0.717, 1.165) is 22.4 Å². The molecule has 0 aliphatic rings. The average molecular weight is 309 g/mol. The number of imidazole rings is 1. The van der Waals surface area contributed by atoms with Gasteiger partial charge >= 0.3 is 0 Å². The molecule has 2 rings (SSSR count). The average Bonchev–Trinajstić information content (AvgIpc) is 2.71. The predicted molar refractivity (Wildman–Crippen MR) is 85.8 cm³/mol. The first-order valence-corrected chi connectivity index (χ1v) is 8.94. The predicted octanol–water partition coefficient (Wildman–Crippen LogP) is 2.76. The highest BCUT2D eigenvalue weighted by Crippen LogP contribution is 2.21. The Kier molecular flexibility index (Phi) is 4.68. The highest BCUT2D eigenvalue weighted by atomic mass is 32.2. The summed E-state index contributed by atoms with van der Waals surface area (Å²) in [6.07, 6.45) is 0.617. The number of nitrogens with zero attached hydrogens (tertiary/aromatic N) is 2. The van der Waals surface area contributed by atoms with Crippen molar-refractivity contribution in [1.82, 2.24) is 14.3 Å². The third-order valence-corrected chi connectivity index (χ3v) is 4.95. The fraction of sp³-hybridized carbons (Fsp3) is 0.533. The molecule has 0 radical (unpaired) electrons. The number of nitrogens with one attached hydrogen (secondary N) is 1. The largest absolute Gasteiger partial charge is 0.326 e. The SMILES string of the molecule is CCCS(=O)(=O)NCc1ccc2c(c1)nc(C)n2C(C)C. The van der Waals surface area contributed by atoms with Gasteiger partial charge in [0.2, 0.25) is 10.0 Å². The molecule has 0 fully saturated rings. The molecule has 0 bridgehead atoms. The first-order chi connectivity index (χ1) is 9.84. The molecule has 0 aliphatic heterocycles. The first-order valence-electron chi connectivity index (χ1n) is 7.29. The van der Waals surface area contributed by atoms with Crippen LogP contribution in [0.3, 0.4) is 0 Å². The third kappa shape index (κ3) is 3.63. The maximum Gasteiger partial charge on any atom is 0.211 e. The van der Waals surface area contributed by atoms with Gasteiger partial charge in [0, 0.05) is 12.6 Å². The molecule has 0 unspecified atom stereocenters. The summed E-state index contributed by atoms with van der Waals surface area (Å²) in [5.74, 6) is 1.14. The van der Waals surface area contributed by atoms with E-state index in [0.29, 0.717) is 19.0 Å². The quantitative estimate of drug-likeness (QED) is 0.892. The molecule has 0 atom stereocenters. The van der Waals surface area contributed by atoms with Crippen molar-refractivity contribution in [2.24, 2.45) is 0 Å². The monoisotopic (exact) mass is 309 g/mol. The van der Waals surface area contributed by atoms with E-state index in [1.807, 2.05) is 32.0 Å². The summed E-state index contributed by atoms with van der Waals surface area (Å²) in [6, 6.07) is 6.27. The molecule has 1 heterocycles. The van der Waals surface area contributed by atoms with Crippen LogP contribution in [0.25, 0.3) is 11.0 Å². The van der Waals surface area contributed by atoms with Crippen molar-refractivity contribution in [2.45, 2.75) is 46.7 Å². The van der Waals surface area contributed by atoms with E-state index in [1.54, 1.807) is 0 Å². The molecule has 21 heavy (non-hydrogen) atoms. The molecular weight excluding hydrogens is 286 g/mol. The zero-order valence-corrected chi connectivity index (χ0v) is 13.9. The molecule has 0 saturated heterocycles. The van der Waals surface area contributed by atoms with Gasteiger partial charge in [-0.1, -0.05) is 13.0 Å². The Morgan fingerprint density at radius 3 is 2.67 bits per heavy atom. The Hall–Kier alpha value is -1.40. The van der Waals surface area contributed by atoms with Gasteiger partial charge in [-0.3, -0.25) is 0 Å². The summed E-state index contributed by atoms with van der Waals surface area (Å²) in [7, 11) is -3.18. The second-order valence-corrected chi connectivity index (χ2v) is 7.51. The van der Waals surface area contributed by atoms with E-state index < -0.39 is 10.0 Å². The van der Waals surface area contributed by atoms with E-state index in [-0.39, 0.29) is 5.75 Å². The number of hydrogen-bond acceptors (Lipinski definition) is 3. The molecule has 1 aromatic carbocycles. The van der Waals surface area contributed by atoms with E-state index >= 15 is 0 Å². The number of sulfonamides is 1. The fourth-order valence-corrected chi connectivity index (χ4v) is 3.63. The van der Waals surface area contributed by atoms with E-state index in [1.165, 1.54) is 0 Å². The summed E-state index contributed by atoms with van der Waals surface area (Å²) >= 11 is 0. The lowest BCUT2D eigenvalue weighted by Gasteiger charge is -2.11. The molecule has 1 N–H and O–H groups in total. The van der Waals surface area contributed by atoms with Crippen LogP contribution in [0.1, 0.15) is 44.6 Å². The van der Waals surface area contributed by atoms with E-state index in [2.05, 4.69) is 28.1 Å². The summed E-state index contributed by atoms with van der Waals surface area (Å²) in [5.41, 5.74) is 2.92. The first kappa shape index (κ1) is 16.0. The van der Waals surface area contributed by atoms with Crippen LogP contribution in [0.4, 0.5) is 0 Å². The topological polar surface area (TPSA) is 64.0 Å². The summed E-state index contributed by atoms with van der Waals surface area (Å²) in [4.78, 5) is 4.56. The molecule has 116 valence electrons. The van der Waals surface area contributed by atoms with Gasteiger partial charge in [0.05, 0.1) is 16.8 Å². The Bertz CT molecular complexity index is 733. The van der Waals surface area contributed by atoms with E-state index in [9.17, 15) is 8.42 Å². The number of rotatable bonds is 6. The number of aromatic nitrogens is 2. The smallest absolute Gasteiger partial charge is 0.211 e. The van der Waals surface area contributed by atoms with Gasteiger partial charge in [0.15, 0.2) is 0 Å². The minimum absolute atomic E-state index is 0.163.